The van der Waals surface area contributed by atoms with Crippen molar-refractivity contribution in [3.05, 3.63) is 84.6 Å². The van der Waals surface area contributed by atoms with Gasteiger partial charge in [-0.15, -0.1) is 5.10 Å². The van der Waals surface area contributed by atoms with E-state index in [4.69, 9.17) is 4.74 Å². The normalized spacial score (nSPS) is 15.8. The zero-order chi connectivity index (χ0) is 26.4. The molecule has 1 aliphatic heterocycles. The highest BCUT2D eigenvalue weighted by atomic mass is 32.2. The Morgan fingerprint density at radius 2 is 1.87 bits per heavy atom. The largest absolute Gasteiger partial charge is 0.479 e. The molecule has 8 nitrogen and oxygen atoms in total. The summed E-state index contributed by atoms with van der Waals surface area (Å²) in [5.74, 6) is 0.0408. The van der Waals surface area contributed by atoms with Crippen molar-refractivity contribution in [3.63, 3.8) is 0 Å². The Balaban J connectivity index is 1.55. The van der Waals surface area contributed by atoms with Crippen molar-refractivity contribution in [2.24, 2.45) is 0 Å². The second kappa shape index (κ2) is 9.38. The molecular formula is C28H26FN5O3S. The van der Waals surface area contributed by atoms with E-state index in [1.165, 1.54) is 22.3 Å². The number of aromatic nitrogens is 4. The predicted octanol–water partition coefficient (Wildman–Crippen LogP) is 4.79. The fraction of sp³-hybridized carbons (Fsp3) is 0.214. The lowest BCUT2D eigenvalue weighted by atomic mass is 10.0. The number of hydrogen-bond donors (Lipinski definition) is 1. The van der Waals surface area contributed by atoms with Gasteiger partial charge < -0.3 is 10.1 Å². The molecule has 0 bridgehead atoms. The lowest BCUT2D eigenvalue weighted by Crippen LogP contribution is -2.13. The third kappa shape index (κ3) is 4.15. The molecule has 0 saturated carbocycles. The summed E-state index contributed by atoms with van der Waals surface area (Å²) in [6.07, 6.45) is 6.03. The highest BCUT2D eigenvalue weighted by Crippen LogP contribution is 2.37. The molecule has 1 atom stereocenters. The Hall–Kier alpha value is -4.02. The highest BCUT2D eigenvalue weighted by Gasteiger charge is 2.25. The smallest absolute Gasteiger partial charge is 0.269 e. The van der Waals surface area contributed by atoms with E-state index in [9.17, 15) is 12.8 Å². The topological polar surface area (TPSA) is 91.0 Å². The summed E-state index contributed by atoms with van der Waals surface area (Å²) in [7, 11) is -2.40. The molecular weight excluding hydrogens is 505 g/mol. The zero-order valence-electron chi connectivity index (χ0n) is 20.9. The summed E-state index contributed by atoms with van der Waals surface area (Å²) >= 11 is 0. The number of aryl methyl sites for hydroxylation is 1. The van der Waals surface area contributed by atoms with Gasteiger partial charge in [0.25, 0.3) is 10.0 Å². The van der Waals surface area contributed by atoms with Crippen LogP contribution in [0.3, 0.4) is 0 Å². The van der Waals surface area contributed by atoms with Crippen LogP contribution in [0.15, 0.2) is 78.1 Å². The van der Waals surface area contributed by atoms with Gasteiger partial charge in [-0.3, -0.25) is 4.68 Å². The number of rotatable bonds is 6. The minimum atomic E-state index is -3.96. The van der Waals surface area contributed by atoms with Crippen LogP contribution in [0.5, 0.6) is 5.88 Å². The Morgan fingerprint density at radius 3 is 2.58 bits per heavy atom. The Labute approximate surface area is 219 Å². The van der Waals surface area contributed by atoms with Gasteiger partial charge in [-0.2, -0.15) is 0 Å². The van der Waals surface area contributed by atoms with Crippen LogP contribution in [0.1, 0.15) is 18.0 Å². The number of ether oxygens (including phenoxy) is 1. The minimum absolute atomic E-state index is 0.143. The third-order valence-electron chi connectivity index (χ3n) is 6.94. The number of benzene rings is 2. The van der Waals surface area contributed by atoms with Gasteiger partial charge in [-0.1, -0.05) is 29.8 Å². The minimum Gasteiger partial charge on any atom is -0.479 e. The molecule has 3 aromatic heterocycles. The monoisotopic (exact) mass is 531 g/mol. The molecule has 1 saturated heterocycles. The Morgan fingerprint density at radius 1 is 1.05 bits per heavy atom. The maximum absolute atomic E-state index is 14.2. The number of pyridine rings is 1. The van der Waals surface area contributed by atoms with Gasteiger partial charge in [0.2, 0.25) is 5.88 Å². The van der Waals surface area contributed by atoms with Crippen LogP contribution in [0.4, 0.5) is 4.39 Å². The summed E-state index contributed by atoms with van der Waals surface area (Å²) < 4.78 is 50.2. The van der Waals surface area contributed by atoms with Gasteiger partial charge >= 0.3 is 0 Å². The molecule has 38 heavy (non-hydrogen) atoms. The van der Waals surface area contributed by atoms with Gasteiger partial charge in [0.1, 0.15) is 5.82 Å². The van der Waals surface area contributed by atoms with Gasteiger partial charge in [0, 0.05) is 41.6 Å². The Kier molecular flexibility index (Phi) is 6.00. The average molecular weight is 532 g/mol. The van der Waals surface area contributed by atoms with Crippen LogP contribution in [0.25, 0.3) is 33.3 Å². The molecule has 10 heteroatoms. The molecule has 1 aliphatic rings. The Bertz CT molecular complexity index is 1750. The summed E-state index contributed by atoms with van der Waals surface area (Å²) in [4.78, 5) is 4.75. The van der Waals surface area contributed by atoms with Gasteiger partial charge in [-0.25, -0.2) is 21.8 Å². The van der Waals surface area contributed by atoms with E-state index in [1.807, 2.05) is 23.9 Å². The number of hydrogen-bond acceptors (Lipinski definition) is 6. The van der Waals surface area contributed by atoms with Crippen molar-refractivity contribution in [3.8, 4) is 28.1 Å². The second-order valence-corrected chi connectivity index (χ2v) is 11.3. The van der Waals surface area contributed by atoms with E-state index < -0.39 is 15.8 Å². The average Bonchev–Trinajstić information content (AvgIpc) is 3.67. The van der Waals surface area contributed by atoms with Gasteiger partial charge in [0.05, 0.1) is 23.6 Å². The molecule has 0 amide bonds. The van der Waals surface area contributed by atoms with Crippen molar-refractivity contribution < 1.29 is 17.5 Å². The number of nitrogens with one attached hydrogen (secondary N) is 1. The van der Waals surface area contributed by atoms with Crippen molar-refractivity contribution >= 4 is 21.1 Å². The van der Waals surface area contributed by atoms with E-state index in [0.29, 0.717) is 22.4 Å². The molecule has 194 valence electrons. The summed E-state index contributed by atoms with van der Waals surface area (Å²) in [6.45, 7) is 3.65. The van der Waals surface area contributed by atoms with Crippen LogP contribution >= 0.6 is 0 Å². The van der Waals surface area contributed by atoms with Crippen LogP contribution in [-0.4, -0.2) is 47.4 Å². The van der Waals surface area contributed by atoms with Gasteiger partial charge in [0.15, 0.2) is 5.65 Å². The molecule has 0 spiro atoms. The van der Waals surface area contributed by atoms with Crippen LogP contribution in [0, 0.1) is 12.7 Å². The molecule has 0 aliphatic carbocycles. The lowest BCUT2D eigenvalue weighted by Gasteiger charge is -2.08. The summed E-state index contributed by atoms with van der Waals surface area (Å²) in [6, 6.07) is 14.8. The lowest BCUT2D eigenvalue weighted by molar-refractivity contribution is 0.380. The van der Waals surface area contributed by atoms with E-state index in [-0.39, 0.29) is 16.6 Å². The number of fused-ring (bicyclic) bond motifs is 1. The first kappa shape index (κ1) is 24.3. The number of nitrogens with zero attached hydrogens (tertiary/aromatic N) is 4. The predicted molar refractivity (Wildman–Crippen MR) is 143 cm³/mol. The van der Waals surface area contributed by atoms with E-state index in [1.54, 1.807) is 49.7 Å². The third-order valence-corrected chi connectivity index (χ3v) is 8.60. The maximum Gasteiger partial charge on any atom is 0.269 e. The fourth-order valence-electron chi connectivity index (χ4n) is 4.90. The van der Waals surface area contributed by atoms with Crippen LogP contribution in [-0.2, 0) is 10.0 Å². The first-order valence-corrected chi connectivity index (χ1v) is 13.7. The molecule has 1 unspecified atom stereocenters. The standard InChI is InChI=1S/C28H26FN5O3S/c1-18-6-8-23(9-7-18)38(35,36)34-17-25(19-4-3-5-21(29)12-19)24-13-20(14-31-27(24)34)26-16-33(32-28(26)37-2)22-10-11-30-15-22/h3-9,12-14,16-17,22,30H,10-11,15H2,1-2H3. The van der Waals surface area contributed by atoms with Crippen molar-refractivity contribution in [2.45, 2.75) is 24.3 Å². The summed E-state index contributed by atoms with van der Waals surface area (Å²) in [5, 5.41) is 8.54. The first-order chi connectivity index (χ1) is 18.3. The van der Waals surface area contributed by atoms with Crippen LogP contribution in [0.2, 0.25) is 0 Å². The SMILES string of the molecule is COc1nn(C2CCNC2)cc1-c1cnc2c(c1)c(-c1cccc(F)c1)cn2S(=O)(=O)c1ccc(C)cc1. The van der Waals surface area contributed by atoms with Crippen LogP contribution < -0.4 is 10.1 Å². The molecule has 0 radical (unpaired) electrons. The second-order valence-electron chi connectivity index (χ2n) is 9.44. The fourth-order valence-corrected chi connectivity index (χ4v) is 6.22. The van der Waals surface area contributed by atoms with E-state index in [0.717, 1.165) is 36.2 Å². The molecule has 4 heterocycles. The molecule has 2 aromatic carbocycles. The molecule has 1 fully saturated rings. The van der Waals surface area contributed by atoms with E-state index >= 15 is 0 Å². The zero-order valence-corrected chi connectivity index (χ0v) is 21.7. The van der Waals surface area contributed by atoms with Gasteiger partial charge in [-0.05, 0) is 55.8 Å². The first-order valence-electron chi connectivity index (χ1n) is 12.3. The molecule has 1 N–H and O–H groups in total. The highest BCUT2D eigenvalue weighted by molar-refractivity contribution is 7.90. The quantitative estimate of drug-likeness (QED) is 0.339. The number of halogens is 1. The molecule has 6 rings (SSSR count). The number of methoxy groups -OCH3 is 1. The van der Waals surface area contributed by atoms with Crippen molar-refractivity contribution in [1.29, 1.82) is 0 Å². The molecule has 5 aromatic rings. The van der Waals surface area contributed by atoms with Crippen molar-refractivity contribution in [2.75, 3.05) is 20.2 Å². The summed E-state index contributed by atoms with van der Waals surface area (Å²) in [5.41, 5.74) is 3.76. The van der Waals surface area contributed by atoms with E-state index in [2.05, 4.69) is 15.4 Å². The maximum atomic E-state index is 14.2. The van der Waals surface area contributed by atoms with Crippen molar-refractivity contribution in [1.82, 2.24) is 24.1 Å².